The molecule has 0 radical (unpaired) electrons. The highest BCUT2D eigenvalue weighted by molar-refractivity contribution is 5.30. The SMILES string of the molecule is Cc1ccc(F)c(OCc2ccc(F)cc2F)c1. The van der Waals surface area contributed by atoms with Crippen LogP contribution >= 0.6 is 0 Å². The van der Waals surface area contributed by atoms with Crippen LogP contribution in [0.25, 0.3) is 0 Å². The first-order valence-corrected chi connectivity index (χ1v) is 5.39. The summed E-state index contributed by atoms with van der Waals surface area (Å²) in [6, 6.07) is 7.60. The first-order chi connectivity index (χ1) is 8.56. The van der Waals surface area contributed by atoms with Crippen molar-refractivity contribution in [1.29, 1.82) is 0 Å². The Morgan fingerprint density at radius 2 is 1.72 bits per heavy atom. The molecule has 0 heterocycles. The zero-order chi connectivity index (χ0) is 13.1. The molecule has 0 atom stereocenters. The Bertz CT molecular complexity index is 567. The van der Waals surface area contributed by atoms with E-state index in [-0.39, 0.29) is 17.9 Å². The first kappa shape index (κ1) is 12.5. The van der Waals surface area contributed by atoms with Crippen LogP contribution in [0.4, 0.5) is 13.2 Å². The summed E-state index contributed by atoms with van der Waals surface area (Å²) in [4.78, 5) is 0. The summed E-state index contributed by atoms with van der Waals surface area (Å²) in [6.45, 7) is 1.65. The van der Waals surface area contributed by atoms with E-state index in [4.69, 9.17) is 4.74 Å². The fraction of sp³-hybridized carbons (Fsp3) is 0.143. The molecule has 0 spiro atoms. The van der Waals surface area contributed by atoms with Gasteiger partial charge in [0.05, 0.1) is 0 Å². The van der Waals surface area contributed by atoms with E-state index >= 15 is 0 Å². The number of halogens is 3. The second kappa shape index (κ2) is 5.12. The maximum atomic E-state index is 13.4. The fourth-order valence-corrected chi connectivity index (χ4v) is 1.52. The van der Waals surface area contributed by atoms with Gasteiger partial charge in [0.2, 0.25) is 0 Å². The van der Waals surface area contributed by atoms with Crippen molar-refractivity contribution in [3.63, 3.8) is 0 Å². The van der Waals surface area contributed by atoms with Crippen molar-refractivity contribution < 1.29 is 17.9 Å². The molecule has 0 aliphatic carbocycles. The average Bonchev–Trinajstić information content (AvgIpc) is 2.32. The molecule has 0 N–H and O–H groups in total. The lowest BCUT2D eigenvalue weighted by Gasteiger charge is -2.08. The highest BCUT2D eigenvalue weighted by atomic mass is 19.1. The number of hydrogen-bond donors (Lipinski definition) is 0. The maximum Gasteiger partial charge on any atom is 0.165 e. The summed E-state index contributed by atoms with van der Waals surface area (Å²) >= 11 is 0. The van der Waals surface area contributed by atoms with E-state index in [1.54, 1.807) is 13.0 Å². The molecule has 2 aromatic carbocycles. The molecule has 0 aliphatic heterocycles. The van der Waals surface area contributed by atoms with Gasteiger partial charge in [-0.15, -0.1) is 0 Å². The minimum absolute atomic E-state index is 0.0544. The van der Waals surface area contributed by atoms with Crippen molar-refractivity contribution in [2.24, 2.45) is 0 Å². The summed E-state index contributed by atoms with van der Waals surface area (Å²) in [5.74, 6) is -1.82. The number of hydrogen-bond acceptors (Lipinski definition) is 1. The fourth-order valence-electron chi connectivity index (χ4n) is 1.52. The Morgan fingerprint density at radius 1 is 0.944 bits per heavy atom. The normalized spacial score (nSPS) is 10.4. The third-order valence-electron chi connectivity index (χ3n) is 2.48. The number of rotatable bonds is 3. The Hall–Kier alpha value is -1.97. The van der Waals surface area contributed by atoms with Crippen LogP contribution in [-0.2, 0) is 6.61 Å². The molecule has 0 fully saturated rings. The zero-order valence-corrected chi connectivity index (χ0v) is 9.71. The first-order valence-electron chi connectivity index (χ1n) is 5.39. The lowest BCUT2D eigenvalue weighted by Crippen LogP contribution is -2.00. The van der Waals surface area contributed by atoms with Crippen LogP contribution in [0.1, 0.15) is 11.1 Å². The quantitative estimate of drug-likeness (QED) is 0.802. The zero-order valence-electron chi connectivity index (χ0n) is 9.71. The molecule has 94 valence electrons. The summed E-state index contributed by atoms with van der Waals surface area (Å²) in [6.07, 6.45) is 0. The summed E-state index contributed by atoms with van der Waals surface area (Å²) < 4.78 is 44.6. The molecule has 0 aliphatic rings. The molecule has 0 unspecified atom stereocenters. The van der Waals surface area contributed by atoms with E-state index in [9.17, 15) is 13.2 Å². The van der Waals surface area contributed by atoms with Gasteiger partial charge in [-0.25, -0.2) is 13.2 Å². The van der Waals surface area contributed by atoms with Crippen molar-refractivity contribution in [1.82, 2.24) is 0 Å². The molecule has 0 aromatic heterocycles. The van der Waals surface area contributed by atoms with Gasteiger partial charge in [0.25, 0.3) is 0 Å². The lowest BCUT2D eigenvalue weighted by atomic mass is 10.2. The van der Waals surface area contributed by atoms with Crippen LogP contribution < -0.4 is 4.74 Å². The van der Waals surface area contributed by atoms with E-state index in [0.717, 1.165) is 17.7 Å². The van der Waals surface area contributed by atoms with Crippen molar-refractivity contribution in [3.8, 4) is 5.75 Å². The Morgan fingerprint density at radius 3 is 2.44 bits per heavy atom. The number of aryl methyl sites for hydroxylation is 1. The molecule has 0 amide bonds. The smallest absolute Gasteiger partial charge is 0.165 e. The van der Waals surface area contributed by atoms with Crippen LogP contribution in [0.3, 0.4) is 0 Å². The van der Waals surface area contributed by atoms with Gasteiger partial charge in [0.15, 0.2) is 11.6 Å². The molecule has 0 bridgehead atoms. The van der Waals surface area contributed by atoms with Crippen LogP contribution in [0.15, 0.2) is 36.4 Å². The van der Waals surface area contributed by atoms with E-state index in [1.165, 1.54) is 18.2 Å². The van der Waals surface area contributed by atoms with Crippen LogP contribution in [0, 0.1) is 24.4 Å². The van der Waals surface area contributed by atoms with Crippen molar-refractivity contribution in [2.45, 2.75) is 13.5 Å². The highest BCUT2D eigenvalue weighted by Crippen LogP contribution is 2.20. The minimum atomic E-state index is -0.705. The molecule has 2 rings (SSSR count). The van der Waals surface area contributed by atoms with Gasteiger partial charge in [0, 0.05) is 11.6 Å². The van der Waals surface area contributed by atoms with Gasteiger partial charge in [-0.1, -0.05) is 6.07 Å². The van der Waals surface area contributed by atoms with E-state index in [1.807, 2.05) is 0 Å². The Balaban J connectivity index is 2.13. The van der Waals surface area contributed by atoms with E-state index in [0.29, 0.717) is 0 Å². The topological polar surface area (TPSA) is 9.23 Å². The molecule has 2 aromatic rings. The van der Waals surface area contributed by atoms with Crippen molar-refractivity contribution in [2.75, 3.05) is 0 Å². The predicted molar refractivity (Wildman–Crippen MR) is 61.8 cm³/mol. The number of ether oxygens (including phenoxy) is 1. The van der Waals surface area contributed by atoms with Crippen molar-refractivity contribution >= 4 is 0 Å². The number of benzene rings is 2. The Labute approximate surface area is 103 Å². The van der Waals surface area contributed by atoms with Crippen LogP contribution in [-0.4, -0.2) is 0 Å². The Kier molecular flexibility index (Phi) is 3.55. The summed E-state index contributed by atoms with van der Waals surface area (Å²) in [5, 5.41) is 0. The summed E-state index contributed by atoms with van der Waals surface area (Å²) in [5.41, 5.74) is 1.02. The molecule has 4 heteroatoms. The lowest BCUT2D eigenvalue weighted by molar-refractivity contribution is 0.284. The third kappa shape index (κ3) is 2.83. The second-order valence-corrected chi connectivity index (χ2v) is 3.96. The maximum absolute atomic E-state index is 13.4. The molecular weight excluding hydrogens is 241 g/mol. The standard InChI is InChI=1S/C14H11F3O/c1-9-2-5-12(16)14(6-9)18-8-10-3-4-11(15)7-13(10)17/h2-7H,8H2,1H3. The van der Waals surface area contributed by atoms with Gasteiger partial charge in [0.1, 0.15) is 18.2 Å². The second-order valence-electron chi connectivity index (χ2n) is 3.96. The molecule has 18 heavy (non-hydrogen) atoms. The van der Waals surface area contributed by atoms with Gasteiger partial charge in [-0.2, -0.15) is 0 Å². The van der Waals surface area contributed by atoms with Crippen LogP contribution in [0.5, 0.6) is 5.75 Å². The highest BCUT2D eigenvalue weighted by Gasteiger charge is 2.07. The third-order valence-corrected chi connectivity index (χ3v) is 2.48. The molecular formula is C14H11F3O. The van der Waals surface area contributed by atoms with Gasteiger partial charge >= 0.3 is 0 Å². The largest absolute Gasteiger partial charge is 0.486 e. The summed E-state index contributed by atoms with van der Waals surface area (Å²) in [7, 11) is 0. The van der Waals surface area contributed by atoms with Gasteiger partial charge in [-0.05, 0) is 36.8 Å². The van der Waals surface area contributed by atoms with Gasteiger partial charge in [-0.3, -0.25) is 0 Å². The van der Waals surface area contributed by atoms with Crippen molar-refractivity contribution in [3.05, 3.63) is 65.0 Å². The average molecular weight is 252 g/mol. The molecule has 0 saturated heterocycles. The van der Waals surface area contributed by atoms with Crippen LogP contribution in [0.2, 0.25) is 0 Å². The minimum Gasteiger partial charge on any atom is -0.486 e. The molecule has 1 nitrogen and oxygen atoms in total. The van der Waals surface area contributed by atoms with E-state index in [2.05, 4.69) is 0 Å². The van der Waals surface area contributed by atoms with E-state index < -0.39 is 17.5 Å². The predicted octanol–water partition coefficient (Wildman–Crippen LogP) is 3.99. The monoisotopic (exact) mass is 252 g/mol. The van der Waals surface area contributed by atoms with Gasteiger partial charge < -0.3 is 4.74 Å². The molecule has 0 saturated carbocycles.